The third kappa shape index (κ3) is 3.37. The molecule has 108 valence electrons. The predicted molar refractivity (Wildman–Crippen MR) is 81.6 cm³/mol. The number of benzene rings is 1. The van der Waals surface area contributed by atoms with Crippen molar-refractivity contribution in [2.24, 2.45) is 5.73 Å². The molecule has 0 aliphatic carbocycles. The molecule has 0 radical (unpaired) electrons. The minimum Gasteiger partial charge on any atom is -0.496 e. The van der Waals surface area contributed by atoms with Gasteiger partial charge in [0.2, 0.25) is 0 Å². The quantitative estimate of drug-likeness (QED) is 0.879. The molecule has 0 saturated heterocycles. The summed E-state index contributed by atoms with van der Waals surface area (Å²) in [5, 5.41) is 4.22. The normalized spacial score (nSPS) is 12.4. The highest BCUT2D eigenvalue weighted by Crippen LogP contribution is 2.28. The number of aromatic nitrogens is 3. The minimum absolute atomic E-state index is 0.169. The van der Waals surface area contributed by atoms with Gasteiger partial charge in [-0.25, -0.2) is 4.98 Å². The first-order chi connectivity index (χ1) is 9.65. The largest absolute Gasteiger partial charge is 0.496 e. The second kappa shape index (κ2) is 6.85. The molecule has 1 unspecified atom stereocenters. The number of nitrogens with zero attached hydrogens (tertiary/aromatic N) is 3. The molecule has 0 saturated carbocycles. The molecule has 6 heteroatoms. The van der Waals surface area contributed by atoms with Gasteiger partial charge < -0.3 is 10.5 Å². The average Bonchev–Trinajstić information content (AvgIpc) is 2.86. The highest BCUT2D eigenvalue weighted by molar-refractivity contribution is 9.10. The van der Waals surface area contributed by atoms with Gasteiger partial charge in [-0.3, -0.25) is 4.68 Å². The van der Waals surface area contributed by atoms with Crippen LogP contribution in [-0.4, -0.2) is 21.9 Å². The average molecular weight is 339 g/mol. The van der Waals surface area contributed by atoms with Crippen LogP contribution >= 0.6 is 15.9 Å². The second-order valence-electron chi connectivity index (χ2n) is 4.60. The number of methoxy groups -OCH3 is 1. The van der Waals surface area contributed by atoms with Gasteiger partial charge in [-0.15, -0.1) is 0 Å². The van der Waals surface area contributed by atoms with E-state index in [1.807, 2.05) is 22.9 Å². The van der Waals surface area contributed by atoms with Crippen LogP contribution < -0.4 is 10.5 Å². The van der Waals surface area contributed by atoms with Crippen molar-refractivity contribution in [1.82, 2.24) is 14.8 Å². The lowest BCUT2D eigenvalue weighted by Gasteiger charge is -2.16. The Bertz CT molecular complexity index is 570. The fraction of sp³-hybridized carbons (Fsp3) is 0.429. The van der Waals surface area contributed by atoms with Crippen LogP contribution in [-0.2, 0) is 13.0 Å². The van der Waals surface area contributed by atoms with Crippen molar-refractivity contribution < 1.29 is 4.74 Å². The van der Waals surface area contributed by atoms with E-state index in [-0.39, 0.29) is 6.04 Å². The summed E-state index contributed by atoms with van der Waals surface area (Å²) in [5.74, 6) is 1.69. The molecule has 0 bridgehead atoms. The Labute approximate surface area is 127 Å². The molecule has 0 fully saturated rings. The van der Waals surface area contributed by atoms with Crippen molar-refractivity contribution in [1.29, 1.82) is 0 Å². The van der Waals surface area contributed by atoms with Crippen LogP contribution in [0.1, 0.15) is 30.8 Å². The van der Waals surface area contributed by atoms with Gasteiger partial charge in [0.1, 0.15) is 17.9 Å². The Morgan fingerprint density at radius 3 is 2.95 bits per heavy atom. The summed E-state index contributed by atoms with van der Waals surface area (Å²) in [6.07, 6.45) is 3.24. The maximum absolute atomic E-state index is 6.30. The summed E-state index contributed by atoms with van der Waals surface area (Å²) in [5.41, 5.74) is 7.28. The molecule has 1 aromatic heterocycles. The zero-order chi connectivity index (χ0) is 14.5. The van der Waals surface area contributed by atoms with E-state index in [0.29, 0.717) is 6.42 Å². The smallest absolute Gasteiger partial charge is 0.138 e. The van der Waals surface area contributed by atoms with Crippen molar-refractivity contribution in [2.75, 3.05) is 7.11 Å². The maximum Gasteiger partial charge on any atom is 0.138 e. The Morgan fingerprint density at radius 2 is 2.25 bits per heavy atom. The summed E-state index contributed by atoms with van der Waals surface area (Å²) in [4.78, 5) is 4.30. The molecule has 0 aliphatic heterocycles. The molecular weight excluding hydrogens is 320 g/mol. The lowest BCUT2D eigenvalue weighted by Crippen LogP contribution is -2.18. The Morgan fingerprint density at radius 1 is 1.45 bits per heavy atom. The van der Waals surface area contributed by atoms with Crippen LogP contribution in [0.25, 0.3) is 0 Å². The van der Waals surface area contributed by atoms with Crippen molar-refractivity contribution in [3.63, 3.8) is 0 Å². The van der Waals surface area contributed by atoms with E-state index in [1.165, 1.54) is 0 Å². The van der Waals surface area contributed by atoms with E-state index in [2.05, 4.69) is 32.9 Å². The zero-order valence-corrected chi connectivity index (χ0v) is 13.3. The number of hydrogen-bond acceptors (Lipinski definition) is 4. The highest BCUT2D eigenvalue weighted by atomic mass is 79.9. The van der Waals surface area contributed by atoms with E-state index in [1.54, 1.807) is 13.4 Å². The van der Waals surface area contributed by atoms with Gasteiger partial charge in [0.25, 0.3) is 0 Å². The molecule has 0 amide bonds. The van der Waals surface area contributed by atoms with Crippen LogP contribution in [0.2, 0.25) is 0 Å². The highest BCUT2D eigenvalue weighted by Gasteiger charge is 2.16. The van der Waals surface area contributed by atoms with Crippen LogP contribution in [0.15, 0.2) is 29.0 Å². The van der Waals surface area contributed by atoms with E-state index in [9.17, 15) is 0 Å². The number of hydrogen-bond donors (Lipinski definition) is 1. The third-order valence-corrected chi connectivity index (χ3v) is 3.62. The molecule has 0 aliphatic rings. The summed E-state index contributed by atoms with van der Waals surface area (Å²) in [7, 11) is 1.65. The van der Waals surface area contributed by atoms with Gasteiger partial charge in [0, 0.05) is 29.0 Å². The SMILES string of the molecule is CCCn1ncnc1CC(N)c1ccc(Br)cc1OC. The van der Waals surface area contributed by atoms with Gasteiger partial charge in [-0.2, -0.15) is 5.10 Å². The second-order valence-corrected chi connectivity index (χ2v) is 5.51. The fourth-order valence-corrected chi connectivity index (χ4v) is 2.48. The summed E-state index contributed by atoms with van der Waals surface area (Å²) in [6.45, 7) is 2.97. The molecule has 0 spiro atoms. The van der Waals surface area contributed by atoms with E-state index in [0.717, 1.165) is 34.6 Å². The van der Waals surface area contributed by atoms with Crippen LogP contribution in [0.5, 0.6) is 5.75 Å². The summed E-state index contributed by atoms with van der Waals surface area (Å²) < 4.78 is 8.27. The van der Waals surface area contributed by atoms with Crippen LogP contribution in [0.4, 0.5) is 0 Å². The number of aryl methyl sites for hydroxylation is 1. The molecule has 2 N–H and O–H groups in total. The molecule has 1 aromatic carbocycles. The summed E-state index contributed by atoms with van der Waals surface area (Å²) >= 11 is 3.43. The fourth-order valence-electron chi connectivity index (χ4n) is 2.14. The zero-order valence-electron chi connectivity index (χ0n) is 11.7. The molecule has 20 heavy (non-hydrogen) atoms. The molecule has 1 heterocycles. The first kappa shape index (κ1) is 15.0. The third-order valence-electron chi connectivity index (χ3n) is 3.13. The van der Waals surface area contributed by atoms with Gasteiger partial charge in [0.15, 0.2) is 0 Å². The van der Waals surface area contributed by atoms with Crippen molar-refractivity contribution in [3.05, 3.63) is 40.4 Å². The first-order valence-corrected chi connectivity index (χ1v) is 7.40. The van der Waals surface area contributed by atoms with Gasteiger partial charge >= 0.3 is 0 Å². The molecule has 2 aromatic rings. The van der Waals surface area contributed by atoms with Gasteiger partial charge in [0.05, 0.1) is 7.11 Å². The Hall–Kier alpha value is -1.40. The predicted octanol–water partition coefficient (Wildman–Crippen LogP) is 2.70. The number of ether oxygens (including phenoxy) is 1. The number of rotatable bonds is 6. The van der Waals surface area contributed by atoms with E-state index < -0.39 is 0 Å². The van der Waals surface area contributed by atoms with Crippen molar-refractivity contribution in [2.45, 2.75) is 32.4 Å². The number of nitrogens with two attached hydrogens (primary N) is 1. The minimum atomic E-state index is -0.169. The van der Waals surface area contributed by atoms with Gasteiger partial charge in [-0.1, -0.05) is 28.9 Å². The standard InChI is InChI=1S/C14H19BrN4O/c1-3-6-19-14(17-9-18-19)8-12(16)11-5-4-10(15)7-13(11)20-2/h4-5,7,9,12H,3,6,8,16H2,1-2H3. The molecule has 1 atom stereocenters. The molecular formula is C14H19BrN4O. The van der Waals surface area contributed by atoms with Crippen molar-refractivity contribution in [3.8, 4) is 5.75 Å². The number of halogens is 1. The maximum atomic E-state index is 6.30. The monoisotopic (exact) mass is 338 g/mol. The topological polar surface area (TPSA) is 66.0 Å². The van der Waals surface area contributed by atoms with Crippen LogP contribution in [0.3, 0.4) is 0 Å². The molecule has 2 rings (SSSR count). The first-order valence-electron chi connectivity index (χ1n) is 6.61. The van der Waals surface area contributed by atoms with Gasteiger partial charge in [-0.05, 0) is 18.6 Å². The lowest BCUT2D eigenvalue weighted by molar-refractivity contribution is 0.404. The van der Waals surface area contributed by atoms with E-state index >= 15 is 0 Å². The lowest BCUT2D eigenvalue weighted by atomic mass is 10.0. The van der Waals surface area contributed by atoms with Crippen LogP contribution in [0, 0.1) is 0 Å². The van der Waals surface area contributed by atoms with E-state index in [4.69, 9.17) is 10.5 Å². The molecule has 5 nitrogen and oxygen atoms in total. The van der Waals surface area contributed by atoms with Crippen molar-refractivity contribution >= 4 is 15.9 Å². The summed E-state index contributed by atoms with van der Waals surface area (Å²) in [6, 6.07) is 5.70. The Kier molecular flexibility index (Phi) is 5.14. The Balaban J connectivity index is 2.19.